The van der Waals surface area contributed by atoms with Crippen LogP contribution in [0.2, 0.25) is 0 Å². The Hall–Kier alpha value is -2.08. The predicted octanol–water partition coefficient (Wildman–Crippen LogP) is 0.178. The monoisotopic (exact) mass is 274 g/mol. The van der Waals surface area contributed by atoms with E-state index in [0.29, 0.717) is 6.54 Å². The van der Waals surface area contributed by atoms with Crippen molar-refractivity contribution in [3.8, 4) is 0 Å². The van der Waals surface area contributed by atoms with Crippen molar-refractivity contribution in [2.24, 2.45) is 0 Å². The normalized spacial score (nSPS) is 22.0. The van der Waals surface area contributed by atoms with E-state index in [2.05, 4.69) is 10.6 Å². The first kappa shape index (κ1) is 12.9. The van der Waals surface area contributed by atoms with E-state index in [1.54, 1.807) is 11.9 Å². The first-order valence-corrected chi connectivity index (χ1v) is 6.71. The first-order valence-electron chi connectivity index (χ1n) is 6.71. The third kappa shape index (κ3) is 2.02. The van der Waals surface area contributed by atoms with Crippen molar-refractivity contribution in [1.82, 2.24) is 10.2 Å². The minimum Gasteiger partial charge on any atom is -0.360 e. The van der Waals surface area contributed by atoms with Crippen LogP contribution in [0.25, 0.3) is 0 Å². The van der Waals surface area contributed by atoms with Crippen LogP contribution in [0.1, 0.15) is 11.6 Å². The lowest BCUT2D eigenvalue weighted by atomic mass is 10.1. The maximum absolute atomic E-state index is 11.8. The van der Waals surface area contributed by atoms with E-state index in [1.165, 1.54) is 0 Å². The number of likely N-dealkylation sites (N-methyl/N-ethyl adjacent to an activating group) is 2. The third-order valence-electron chi connectivity index (χ3n) is 3.98. The van der Waals surface area contributed by atoms with Crippen LogP contribution >= 0.6 is 0 Å². The molecule has 20 heavy (non-hydrogen) atoms. The summed E-state index contributed by atoms with van der Waals surface area (Å²) in [6.07, 6.45) is 0. The Morgan fingerprint density at radius 2 is 2.10 bits per heavy atom. The first-order chi connectivity index (χ1) is 9.60. The zero-order chi connectivity index (χ0) is 14.3. The van der Waals surface area contributed by atoms with Crippen molar-refractivity contribution >= 4 is 23.2 Å². The Morgan fingerprint density at radius 1 is 1.30 bits per heavy atom. The minimum atomic E-state index is -0.284. The number of carbonyl (C=O) groups is 2. The Balaban J connectivity index is 1.85. The molecule has 2 aliphatic heterocycles. The summed E-state index contributed by atoms with van der Waals surface area (Å²) in [6.45, 7) is 1.92. The number of anilines is 2. The minimum absolute atomic E-state index is 0.0332. The number of carbonyl (C=O) groups excluding carboxylic acids is 2. The second-order valence-electron chi connectivity index (χ2n) is 5.22. The lowest BCUT2D eigenvalue weighted by Crippen LogP contribution is -2.48. The van der Waals surface area contributed by atoms with Crippen molar-refractivity contribution in [3.05, 3.63) is 23.8 Å². The Labute approximate surface area is 117 Å². The maximum Gasteiger partial charge on any atom is 0.246 e. The molecule has 0 spiro atoms. The lowest BCUT2D eigenvalue weighted by molar-refractivity contribution is -0.129. The van der Waals surface area contributed by atoms with Gasteiger partial charge in [0.15, 0.2) is 0 Å². The average molecular weight is 274 g/mol. The molecule has 0 saturated carbocycles. The van der Waals surface area contributed by atoms with E-state index in [1.807, 2.05) is 30.1 Å². The molecule has 0 aliphatic carbocycles. The van der Waals surface area contributed by atoms with Gasteiger partial charge in [-0.1, -0.05) is 6.07 Å². The Kier molecular flexibility index (Phi) is 3.10. The summed E-state index contributed by atoms with van der Waals surface area (Å²) in [7, 11) is 3.59. The highest BCUT2D eigenvalue weighted by Crippen LogP contribution is 2.34. The van der Waals surface area contributed by atoms with Gasteiger partial charge in [-0.15, -0.1) is 0 Å². The maximum atomic E-state index is 11.8. The summed E-state index contributed by atoms with van der Waals surface area (Å²) in [5.41, 5.74) is 2.77. The van der Waals surface area contributed by atoms with Crippen LogP contribution < -0.4 is 15.5 Å². The number of nitrogens with one attached hydrogen (secondary N) is 2. The molecule has 1 aromatic rings. The topological polar surface area (TPSA) is 64.7 Å². The van der Waals surface area contributed by atoms with E-state index in [0.717, 1.165) is 30.0 Å². The van der Waals surface area contributed by atoms with Gasteiger partial charge >= 0.3 is 0 Å². The summed E-state index contributed by atoms with van der Waals surface area (Å²) in [5.74, 6) is 0.0861. The number of fused-ring (bicyclic) bond motifs is 1. The van der Waals surface area contributed by atoms with Gasteiger partial charge in [-0.25, -0.2) is 0 Å². The number of hydrogen-bond donors (Lipinski definition) is 2. The molecule has 1 aromatic carbocycles. The smallest absolute Gasteiger partial charge is 0.246 e. The summed E-state index contributed by atoms with van der Waals surface area (Å²) in [5, 5.41) is 5.87. The lowest BCUT2D eigenvalue weighted by Gasteiger charge is -2.33. The van der Waals surface area contributed by atoms with Crippen molar-refractivity contribution in [2.45, 2.75) is 6.04 Å². The molecule has 2 aliphatic rings. The summed E-state index contributed by atoms with van der Waals surface area (Å²) < 4.78 is 0. The van der Waals surface area contributed by atoms with Crippen LogP contribution in [0.15, 0.2) is 18.2 Å². The molecule has 1 atom stereocenters. The fourth-order valence-electron chi connectivity index (χ4n) is 2.71. The Morgan fingerprint density at radius 3 is 2.80 bits per heavy atom. The van der Waals surface area contributed by atoms with Crippen molar-refractivity contribution < 1.29 is 9.59 Å². The third-order valence-corrected chi connectivity index (χ3v) is 3.98. The Bertz CT molecular complexity index is 572. The molecule has 2 amide bonds. The van der Waals surface area contributed by atoms with Gasteiger partial charge in [-0.3, -0.25) is 9.59 Å². The fourth-order valence-corrected chi connectivity index (χ4v) is 2.71. The molecule has 3 rings (SSSR count). The molecule has 6 nitrogen and oxygen atoms in total. The largest absolute Gasteiger partial charge is 0.360 e. The molecular weight excluding hydrogens is 256 g/mol. The highest BCUT2D eigenvalue weighted by atomic mass is 16.2. The summed E-state index contributed by atoms with van der Waals surface area (Å²) in [4.78, 5) is 27.3. The molecule has 2 heterocycles. The molecule has 0 radical (unpaired) electrons. The SMILES string of the molecule is CNC1C(=O)Nc2cc(N3CCN(C)C(=O)C3)ccc21. The van der Waals surface area contributed by atoms with Gasteiger partial charge in [0.1, 0.15) is 6.04 Å². The number of piperazine rings is 1. The molecular formula is C14H18N4O2. The average Bonchev–Trinajstić information content (AvgIpc) is 2.76. The van der Waals surface area contributed by atoms with Crippen molar-refractivity contribution in [3.63, 3.8) is 0 Å². The van der Waals surface area contributed by atoms with E-state index >= 15 is 0 Å². The molecule has 106 valence electrons. The number of rotatable bonds is 2. The molecule has 1 unspecified atom stereocenters. The van der Waals surface area contributed by atoms with Gasteiger partial charge < -0.3 is 20.4 Å². The van der Waals surface area contributed by atoms with Crippen LogP contribution in [0.5, 0.6) is 0 Å². The van der Waals surface area contributed by atoms with Crippen LogP contribution in [-0.2, 0) is 9.59 Å². The van der Waals surface area contributed by atoms with E-state index < -0.39 is 0 Å². The van der Waals surface area contributed by atoms with Gasteiger partial charge in [0.2, 0.25) is 11.8 Å². The van der Waals surface area contributed by atoms with Crippen LogP contribution in [0, 0.1) is 0 Å². The molecule has 0 aromatic heterocycles. The standard InChI is InChI=1S/C14H18N4O2/c1-15-13-10-4-3-9(7-11(10)16-14(13)20)18-6-5-17(2)12(19)8-18/h3-4,7,13,15H,5-6,8H2,1-2H3,(H,16,20). The van der Waals surface area contributed by atoms with E-state index in [-0.39, 0.29) is 17.9 Å². The molecule has 1 saturated heterocycles. The number of hydrogen-bond acceptors (Lipinski definition) is 4. The van der Waals surface area contributed by atoms with Crippen LogP contribution in [-0.4, -0.2) is 50.4 Å². The molecule has 2 N–H and O–H groups in total. The molecule has 6 heteroatoms. The summed E-state index contributed by atoms with van der Waals surface area (Å²) >= 11 is 0. The predicted molar refractivity (Wildman–Crippen MR) is 76.7 cm³/mol. The molecule has 0 bridgehead atoms. The fraction of sp³-hybridized carbons (Fsp3) is 0.429. The van der Waals surface area contributed by atoms with Crippen LogP contribution in [0.4, 0.5) is 11.4 Å². The second-order valence-corrected chi connectivity index (χ2v) is 5.22. The second kappa shape index (κ2) is 4.79. The number of benzene rings is 1. The van der Waals surface area contributed by atoms with Gasteiger partial charge in [-0.05, 0) is 19.2 Å². The van der Waals surface area contributed by atoms with Crippen molar-refractivity contribution in [2.75, 3.05) is 43.9 Å². The zero-order valence-corrected chi connectivity index (χ0v) is 11.6. The quantitative estimate of drug-likeness (QED) is 0.807. The highest BCUT2D eigenvalue weighted by molar-refractivity contribution is 6.03. The van der Waals surface area contributed by atoms with Crippen LogP contribution in [0.3, 0.4) is 0 Å². The summed E-state index contributed by atoms with van der Waals surface area (Å²) in [6, 6.07) is 5.59. The van der Waals surface area contributed by atoms with E-state index in [9.17, 15) is 9.59 Å². The molecule has 1 fully saturated rings. The highest BCUT2D eigenvalue weighted by Gasteiger charge is 2.30. The van der Waals surface area contributed by atoms with Gasteiger partial charge in [0, 0.05) is 37.1 Å². The van der Waals surface area contributed by atoms with Gasteiger partial charge in [0.25, 0.3) is 0 Å². The number of nitrogens with zero attached hydrogens (tertiary/aromatic N) is 2. The zero-order valence-electron chi connectivity index (χ0n) is 11.6. The van der Waals surface area contributed by atoms with E-state index in [4.69, 9.17) is 0 Å². The van der Waals surface area contributed by atoms with Gasteiger partial charge in [0.05, 0.1) is 6.54 Å². The van der Waals surface area contributed by atoms with Gasteiger partial charge in [-0.2, -0.15) is 0 Å². The van der Waals surface area contributed by atoms with Crippen molar-refractivity contribution in [1.29, 1.82) is 0 Å². The number of amides is 2.